The van der Waals surface area contributed by atoms with E-state index in [0.29, 0.717) is 71.9 Å². The van der Waals surface area contributed by atoms with Gasteiger partial charge in [-0.1, -0.05) is 45.7 Å². The SMILES string of the molecule is C/C=N/Nc1ccc(C(C)=O)cn1.C/C=N/Nc1ccc(C(C)=O)cn1.CC(=O)CCCCCCC(=O)CCN1C(=O)CC(C)C1=O.CC(=O)CCCc1ccc(N2C(=O)CC(C)C2=O)cc1.CC(=O)Nc1ccc(N2C(=O)CC(C)C2=O)cc1.CN=NC(=O)CCSC. The zero-order chi connectivity index (χ0) is 70.3. The topological polar surface area (TPSA) is 343 Å². The van der Waals surface area contributed by atoms with Gasteiger partial charge in [-0.2, -0.15) is 27.1 Å². The molecule has 0 spiro atoms. The second kappa shape index (κ2) is 44.1. The van der Waals surface area contributed by atoms with Crippen LogP contribution >= 0.6 is 11.8 Å². The number of nitrogens with one attached hydrogen (secondary N) is 3. The van der Waals surface area contributed by atoms with Crippen LogP contribution in [0.5, 0.6) is 0 Å². The van der Waals surface area contributed by atoms with Crippen molar-refractivity contribution in [3.05, 3.63) is 102 Å². The summed E-state index contributed by atoms with van der Waals surface area (Å²) in [5.41, 5.74) is 9.55. The van der Waals surface area contributed by atoms with Crippen molar-refractivity contribution >= 4 is 129 Å². The molecule has 4 aromatic rings. The second-order valence-electron chi connectivity index (χ2n) is 22.1. The monoisotopic (exact) mass is 1310 g/mol. The number of hydrazone groups is 2. The first-order chi connectivity index (χ1) is 44.7. The number of carbonyl (C=O) groups is 13. The number of hydrogen-bond donors (Lipinski definition) is 3. The van der Waals surface area contributed by atoms with E-state index in [1.807, 2.05) is 18.4 Å². The third kappa shape index (κ3) is 30.8. The van der Waals surface area contributed by atoms with Gasteiger partial charge in [0, 0.05) is 137 Å². The highest BCUT2D eigenvalue weighted by Crippen LogP contribution is 2.29. The number of benzene rings is 2. The number of Topliss-reactive ketones (excluding diaryl/α,β-unsaturated/α-hetero) is 5. The molecule has 3 saturated heterocycles. The maximum Gasteiger partial charge on any atom is 0.265 e. The minimum absolute atomic E-state index is 0.0121. The van der Waals surface area contributed by atoms with Crippen molar-refractivity contribution in [2.75, 3.05) is 51.6 Å². The summed E-state index contributed by atoms with van der Waals surface area (Å²) in [6.45, 7) is 16.7. The molecule has 0 saturated carbocycles. The van der Waals surface area contributed by atoms with Crippen LogP contribution in [0.3, 0.4) is 0 Å². The van der Waals surface area contributed by atoms with Gasteiger partial charge >= 0.3 is 0 Å². The molecule has 3 N–H and O–H groups in total. The molecule has 3 atom stereocenters. The normalized spacial score (nSPS) is 15.6. The summed E-state index contributed by atoms with van der Waals surface area (Å²) in [4.78, 5) is 159. The molecule has 8 amide bonds. The summed E-state index contributed by atoms with van der Waals surface area (Å²) in [7, 11) is 1.50. The number of anilines is 5. The number of thioether (sulfide) groups is 1. The molecule has 5 heterocycles. The summed E-state index contributed by atoms with van der Waals surface area (Å²) < 4.78 is 0. The quantitative estimate of drug-likeness (QED) is 0.0131. The summed E-state index contributed by atoms with van der Waals surface area (Å²) in [6, 6.07) is 20.9. The number of rotatable bonds is 26. The molecule has 3 fully saturated rings. The number of hydrogen-bond acceptors (Lipinski definition) is 21. The molecule has 0 radical (unpaired) electrons. The van der Waals surface area contributed by atoms with Gasteiger partial charge < -0.3 is 14.9 Å². The smallest absolute Gasteiger partial charge is 0.265 e. The van der Waals surface area contributed by atoms with Crippen molar-refractivity contribution in [2.24, 2.45) is 38.2 Å². The van der Waals surface area contributed by atoms with Crippen LogP contribution < -0.4 is 26.0 Å². The molecule has 7 rings (SSSR count). The number of ketones is 5. The Morgan fingerprint density at radius 2 is 1.00 bits per heavy atom. The van der Waals surface area contributed by atoms with E-state index in [1.54, 1.807) is 133 Å². The molecular formula is C68H90N12O13S. The maximum absolute atomic E-state index is 11.9. The highest BCUT2D eigenvalue weighted by Gasteiger charge is 2.38. The number of nitrogens with zero attached hydrogens (tertiary/aromatic N) is 9. The Morgan fingerprint density at radius 3 is 1.37 bits per heavy atom. The molecule has 2 aromatic heterocycles. The Bertz CT molecular complexity index is 3230. The van der Waals surface area contributed by atoms with E-state index in [9.17, 15) is 62.3 Å². The number of unbranched alkanes of at least 4 members (excludes halogenated alkanes) is 3. The average molecular weight is 1320 g/mol. The van der Waals surface area contributed by atoms with E-state index in [1.165, 1.54) is 54.9 Å². The molecule has 2 aromatic carbocycles. The predicted octanol–water partition coefficient (Wildman–Crippen LogP) is 11.1. The second-order valence-corrected chi connectivity index (χ2v) is 23.1. The van der Waals surface area contributed by atoms with Gasteiger partial charge in [-0.25, -0.2) is 9.97 Å². The fourth-order valence-electron chi connectivity index (χ4n) is 8.80. The number of azo groups is 1. The lowest BCUT2D eigenvalue weighted by molar-refractivity contribution is -0.140. The van der Waals surface area contributed by atoms with E-state index in [-0.39, 0.29) is 120 Å². The number of aromatic nitrogens is 2. The molecule has 3 unspecified atom stereocenters. The highest BCUT2D eigenvalue weighted by atomic mass is 32.2. The maximum atomic E-state index is 11.9. The predicted molar refractivity (Wildman–Crippen MR) is 365 cm³/mol. The van der Waals surface area contributed by atoms with Gasteiger partial charge in [0.1, 0.15) is 29.0 Å². The van der Waals surface area contributed by atoms with Gasteiger partial charge in [0.25, 0.3) is 5.91 Å². The number of imide groups is 3. The van der Waals surface area contributed by atoms with E-state index in [0.717, 1.165) is 49.8 Å². The first-order valence-electron chi connectivity index (χ1n) is 31.0. The van der Waals surface area contributed by atoms with Crippen molar-refractivity contribution in [1.29, 1.82) is 0 Å². The number of pyridine rings is 2. The van der Waals surface area contributed by atoms with Crippen LogP contribution in [-0.2, 0) is 59.2 Å². The molecule has 0 bridgehead atoms. The molecule has 3 aliphatic heterocycles. The Balaban J connectivity index is 0.000000392. The van der Waals surface area contributed by atoms with Gasteiger partial charge in [-0.05, 0) is 140 Å². The highest BCUT2D eigenvalue weighted by molar-refractivity contribution is 7.98. The van der Waals surface area contributed by atoms with Gasteiger partial charge in [0.05, 0.1) is 11.4 Å². The average Bonchev–Trinajstić information content (AvgIpc) is 1.69. The molecule has 0 aliphatic carbocycles. The third-order valence-electron chi connectivity index (χ3n) is 13.9. The summed E-state index contributed by atoms with van der Waals surface area (Å²) in [6.07, 6.45) is 16.8. The fourth-order valence-corrected chi connectivity index (χ4v) is 9.18. The molecular weight excluding hydrogens is 1220 g/mol. The van der Waals surface area contributed by atoms with E-state index < -0.39 is 0 Å². The van der Waals surface area contributed by atoms with Crippen LogP contribution in [0.4, 0.5) is 28.7 Å². The Morgan fingerprint density at radius 1 is 0.553 bits per heavy atom. The van der Waals surface area contributed by atoms with Gasteiger partial charge in [-0.3, -0.25) is 78.3 Å². The first kappa shape index (κ1) is 80.6. The van der Waals surface area contributed by atoms with Gasteiger partial charge in [-0.15, -0.1) is 5.11 Å². The van der Waals surface area contributed by atoms with Gasteiger partial charge in [0.2, 0.25) is 41.4 Å². The van der Waals surface area contributed by atoms with Crippen molar-refractivity contribution in [3.63, 3.8) is 0 Å². The molecule has 26 heteroatoms. The molecule has 3 aliphatic rings. The molecule has 25 nitrogen and oxygen atoms in total. The number of likely N-dealkylation sites (tertiary alicyclic amines) is 1. The molecule has 506 valence electrons. The van der Waals surface area contributed by atoms with Crippen molar-refractivity contribution in [2.45, 2.75) is 159 Å². The van der Waals surface area contributed by atoms with Gasteiger partial charge in [0.15, 0.2) is 11.6 Å². The van der Waals surface area contributed by atoms with Crippen LogP contribution in [-0.4, -0.2) is 129 Å². The largest absolute Gasteiger partial charge is 0.326 e. The summed E-state index contributed by atoms with van der Waals surface area (Å²) >= 11 is 1.63. The van der Waals surface area contributed by atoms with E-state index in [4.69, 9.17) is 0 Å². The Labute approximate surface area is 554 Å². The lowest BCUT2D eigenvalue weighted by atomic mass is 10.1. The van der Waals surface area contributed by atoms with E-state index in [2.05, 4.69) is 46.6 Å². The van der Waals surface area contributed by atoms with Crippen LogP contribution in [0.25, 0.3) is 0 Å². The van der Waals surface area contributed by atoms with Crippen LogP contribution in [0.15, 0.2) is 106 Å². The van der Waals surface area contributed by atoms with Crippen LogP contribution in [0.2, 0.25) is 0 Å². The van der Waals surface area contributed by atoms with Crippen LogP contribution in [0, 0.1) is 17.8 Å². The lowest BCUT2D eigenvalue weighted by Crippen LogP contribution is -2.32. The zero-order valence-corrected chi connectivity index (χ0v) is 56.8. The Kier molecular flexibility index (Phi) is 37.9. The lowest BCUT2D eigenvalue weighted by Gasteiger charge is -2.14. The van der Waals surface area contributed by atoms with Crippen LogP contribution in [0.1, 0.15) is 179 Å². The van der Waals surface area contributed by atoms with Crippen molar-refractivity contribution < 1.29 is 62.3 Å². The summed E-state index contributed by atoms with van der Waals surface area (Å²) in [5.74, 6) is 0.668. The number of amides is 8. The van der Waals surface area contributed by atoms with Crippen molar-refractivity contribution in [3.8, 4) is 0 Å². The van der Waals surface area contributed by atoms with Crippen molar-refractivity contribution in [1.82, 2.24) is 14.9 Å². The first-order valence-corrected chi connectivity index (χ1v) is 32.3. The third-order valence-corrected chi connectivity index (χ3v) is 14.5. The fraction of sp³-hybridized carbons (Fsp3) is 0.456. The van der Waals surface area contributed by atoms with E-state index >= 15 is 0 Å². The molecule has 94 heavy (non-hydrogen) atoms. The number of carbonyl (C=O) groups excluding carboxylic acids is 13. The Hall–Kier alpha value is -9.46. The summed E-state index contributed by atoms with van der Waals surface area (Å²) in [5, 5.41) is 16.9. The minimum Gasteiger partial charge on any atom is -0.326 e. The minimum atomic E-state index is -0.257. The number of aryl methyl sites for hydroxylation is 1. The standard InChI is InChI=1S/C16H25NO4.C16H19NO3.C13H14N2O3.2C9H11N3O.C5H10N2OS/c1-12-11-15(20)17(16(12)21)10-9-14(19)8-6-4-3-5-7-13(2)18;1-11-10-15(19)17(16(11)20)14-8-6-13(7-9-14)5-3-4-12(2)18;1-8-7-12(17)15(13(8)18)11-5-3-10(4-6-11)14-9(2)16;2*1-3-11-12-9-5-4-8(6-10-9)7(2)13;1-6-7-5(8)3-4-9-2/h12H,3-11H2,1-2H3;6-9,11H,3-5,10H2,1-2H3;3-6,8H,7H2,1-2H3,(H,14,16);2*3-6H,1-2H3,(H,10,12);3-4H2,1-2H3/b;;;2*11-3+;. The zero-order valence-electron chi connectivity index (χ0n) is 56.0.